The van der Waals surface area contributed by atoms with Gasteiger partial charge in [-0.1, -0.05) is 0 Å². The first-order valence-corrected chi connectivity index (χ1v) is 5.74. The third-order valence-corrected chi connectivity index (χ3v) is 2.32. The maximum Gasteiger partial charge on any atom is 0.573 e. The van der Waals surface area contributed by atoms with Crippen molar-refractivity contribution in [2.24, 2.45) is 0 Å². The van der Waals surface area contributed by atoms with E-state index in [-0.39, 0.29) is 30.4 Å². The van der Waals surface area contributed by atoms with Gasteiger partial charge < -0.3 is 9.47 Å². The van der Waals surface area contributed by atoms with E-state index in [1.165, 1.54) is 0 Å². The third kappa shape index (κ3) is 4.80. The summed E-state index contributed by atoms with van der Waals surface area (Å²) in [5, 5.41) is 8.87. The number of hydrogen-bond acceptors (Lipinski definition) is 5. The fourth-order valence-electron chi connectivity index (χ4n) is 1.59. The van der Waals surface area contributed by atoms with Crippen molar-refractivity contribution in [3.8, 4) is 11.8 Å². The monoisotopic (exact) mass is 301 g/mol. The van der Waals surface area contributed by atoms with Gasteiger partial charge in [0.25, 0.3) is 0 Å². The number of hydrogen-bond donors (Lipinski definition) is 0. The maximum absolute atomic E-state index is 12.3. The van der Waals surface area contributed by atoms with Crippen LogP contribution in [0.1, 0.15) is 28.4 Å². The van der Waals surface area contributed by atoms with Crippen molar-refractivity contribution in [3.63, 3.8) is 0 Å². The van der Waals surface area contributed by atoms with E-state index in [1.54, 1.807) is 13.0 Å². The number of carbonyl (C=O) groups excluding carboxylic acids is 2. The summed E-state index contributed by atoms with van der Waals surface area (Å²) in [6.45, 7) is 1.69. The van der Waals surface area contributed by atoms with Crippen molar-refractivity contribution in [1.82, 2.24) is 0 Å². The Morgan fingerprint density at radius 3 is 2.57 bits per heavy atom. The first-order valence-electron chi connectivity index (χ1n) is 5.74. The minimum Gasteiger partial charge on any atom is -0.466 e. The molecule has 0 spiro atoms. The Kier molecular flexibility index (Phi) is 5.30. The van der Waals surface area contributed by atoms with E-state index in [2.05, 4.69) is 9.47 Å². The molecule has 0 unspecified atom stereocenters. The molecule has 0 radical (unpaired) electrons. The molecule has 5 nitrogen and oxygen atoms in total. The summed E-state index contributed by atoms with van der Waals surface area (Å²) in [6, 6.07) is 3.61. The number of alkyl halides is 3. The highest BCUT2D eigenvalue weighted by Crippen LogP contribution is 2.29. The third-order valence-electron chi connectivity index (χ3n) is 2.32. The van der Waals surface area contributed by atoms with Gasteiger partial charge in [-0.05, 0) is 24.6 Å². The number of aldehydes is 1. The number of ether oxygens (including phenoxy) is 2. The summed E-state index contributed by atoms with van der Waals surface area (Å²) < 4.78 is 45.3. The number of halogens is 3. The van der Waals surface area contributed by atoms with E-state index < -0.39 is 23.6 Å². The van der Waals surface area contributed by atoms with Gasteiger partial charge in [0.15, 0.2) is 6.29 Å². The van der Waals surface area contributed by atoms with Gasteiger partial charge in [0.05, 0.1) is 24.2 Å². The molecule has 112 valence electrons. The van der Waals surface area contributed by atoms with Crippen LogP contribution in [0.25, 0.3) is 0 Å². The van der Waals surface area contributed by atoms with Crippen molar-refractivity contribution in [2.75, 3.05) is 6.61 Å². The van der Waals surface area contributed by atoms with Crippen LogP contribution in [0.3, 0.4) is 0 Å². The molecule has 0 saturated heterocycles. The molecular weight excluding hydrogens is 291 g/mol. The van der Waals surface area contributed by atoms with Crippen LogP contribution in [-0.4, -0.2) is 25.2 Å². The van der Waals surface area contributed by atoms with Crippen LogP contribution in [0, 0.1) is 11.3 Å². The lowest BCUT2D eigenvalue weighted by Crippen LogP contribution is -2.19. The van der Waals surface area contributed by atoms with E-state index in [0.717, 1.165) is 12.1 Å². The molecule has 0 saturated carbocycles. The summed E-state index contributed by atoms with van der Waals surface area (Å²) in [4.78, 5) is 22.2. The van der Waals surface area contributed by atoms with Gasteiger partial charge in [0.1, 0.15) is 11.8 Å². The van der Waals surface area contributed by atoms with Gasteiger partial charge in [-0.2, -0.15) is 5.26 Å². The minimum absolute atomic E-state index is 0.0786. The Labute approximate surface area is 117 Å². The number of rotatable bonds is 5. The first-order chi connectivity index (χ1) is 9.80. The molecule has 0 aliphatic rings. The summed E-state index contributed by atoms with van der Waals surface area (Å²) in [6.07, 6.45) is -5.27. The molecule has 0 fully saturated rings. The predicted molar refractivity (Wildman–Crippen MR) is 63.6 cm³/mol. The molecule has 1 aromatic rings. The van der Waals surface area contributed by atoms with Crippen LogP contribution in [0.4, 0.5) is 13.2 Å². The van der Waals surface area contributed by atoms with E-state index in [9.17, 15) is 22.8 Å². The SMILES string of the molecule is CCOC(=O)Cc1cc(C#N)c(C=O)c(OC(F)(F)F)c1. The van der Waals surface area contributed by atoms with Crippen molar-refractivity contribution in [2.45, 2.75) is 19.7 Å². The first kappa shape index (κ1) is 16.5. The molecule has 0 atom stereocenters. The number of benzene rings is 1. The van der Waals surface area contributed by atoms with E-state index in [4.69, 9.17) is 5.26 Å². The summed E-state index contributed by atoms with van der Waals surface area (Å²) in [5.74, 6) is -1.49. The highest BCUT2D eigenvalue weighted by atomic mass is 19.4. The fraction of sp³-hybridized carbons (Fsp3) is 0.308. The molecule has 0 amide bonds. The van der Waals surface area contributed by atoms with Gasteiger partial charge >= 0.3 is 12.3 Å². The molecule has 21 heavy (non-hydrogen) atoms. The van der Waals surface area contributed by atoms with Crippen LogP contribution in [0.15, 0.2) is 12.1 Å². The average Bonchev–Trinajstić information content (AvgIpc) is 2.36. The van der Waals surface area contributed by atoms with Gasteiger partial charge in [-0.25, -0.2) is 0 Å². The zero-order chi connectivity index (χ0) is 16.0. The van der Waals surface area contributed by atoms with Gasteiger partial charge in [-0.3, -0.25) is 9.59 Å². The molecule has 0 N–H and O–H groups in total. The maximum atomic E-state index is 12.3. The van der Waals surface area contributed by atoms with Crippen LogP contribution < -0.4 is 4.74 Å². The van der Waals surface area contributed by atoms with E-state index >= 15 is 0 Å². The lowest BCUT2D eigenvalue weighted by molar-refractivity contribution is -0.274. The molecule has 0 bridgehead atoms. The molecule has 0 heterocycles. The topological polar surface area (TPSA) is 76.4 Å². The van der Waals surface area contributed by atoms with E-state index in [1.807, 2.05) is 0 Å². The highest BCUT2D eigenvalue weighted by molar-refractivity contribution is 5.84. The predicted octanol–water partition coefficient (Wildman–Crippen LogP) is 2.37. The number of nitrogens with zero attached hydrogens (tertiary/aromatic N) is 1. The Balaban J connectivity index is 3.24. The number of nitriles is 1. The van der Waals surface area contributed by atoms with Gasteiger partial charge in [-0.15, -0.1) is 13.2 Å². The van der Waals surface area contributed by atoms with Gasteiger partial charge in [0.2, 0.25) is 0 Å². The molecule has 1 rings (SSSR count). The van der Waals surface area contributed by atoms with Gasteiger partial charge in [0, 0.05) is 0 Å². The van der Waals surface area contributed by atoms with Crippen molar-refractivity contribution in [3.05, 3.63) is 28.8 Å². The Hall–Kier alpha value is -2.56. The zero-order valence-corrected chi connectivity index (χ0v) is 10.9. The van der Waals surface area contributed by atoms with Crippen molar-refractivity contribution >= 4 is 12.3 Å². The lowest BCUT2D eigenvalue weighted by atomic mass is 10.0. The fourth-order valence-corrected chi connectivity index (χ4v) is 1.59. The van der Waals surface area contributed by atoms with Crippen LogP contribution >= 0.6 is 0 Å². The van der Waals surface area contributed by atoms with Crippen LogP contribution in [-0.2, 0) is 16.0 Å². The molecule has 0 aromatic heterocycles. The standard InChI is InChI=1S/C13H10F3NO4/c1-2-20-12(19)5-8-3-9(6-17)10(7-18)11(4-8)21-13(14,15)16/h3-4,7H,2,5H2,1H3. The molecule has 1 aromatic carbocycles. The summed E-state index contributed by atoms with van der Waals surface area (Å²) in [5.41, 5.74) is -0.761. The second kappa shape index (κ2) is 6.74. The second-order valence-corrected chi connectivity index (χ2v) is 3.81. The summed E-state index contributed by atoms with van der Waals surface area (Å²) >= 11 is 0. The Bertz CT molecular complexity index is 590. The molecule has 0 aliphatic carbocycles. The minimum atomic E-state index is -5.02. The van der Waals surface area contributed by atoms with Crippen molar-refractivity contribution < 1.29 is 32.2 Å². The Morgan fingerprint density at radius 1 is 1.43 bits per heavy atom. The second-order valence-electron chi connectivity index (χ2n) is 3.81. The number of esters is 1. The van der Waals surface area contributed by atoms with E-state index in [0.29, 0.717) is 0 Å². The van der Waals surface area contributed by atoms with Crippen LogP contribution in [0.5, 0.6) is 5.75 Å². The largest absolute Gasteiger partial charge is 0.573 e. The zero-order valence-electron chi connectivity index (χ0n) is 10.9. The molecule has 8 heteroatoms. The molecular formula is C13H10F3NO4. The normalized spacial score (nSPS) is 10.6. The summed E-state index contributed by atoms with van der Waals surface area (Å²) in [7, 11) is 0. The highest BCUT2D eigenvalue weighted by Gasteiger charge is 2.33. The molecule has 0 aliphatic heterocycles. The smallest absolute Gasteiger partial charge is 0.466 e. The number of carbonyl (C=O) groups is 2. The quantitative estimate of drug-likeness (QED) is 0.616. The lowest BCUT2D eigenvalue weighted by Gasteiger charge is -2.13. The average molecular weight is 301 g/mol. The van der Waals surface area contributed by atoms with Crippen molar-refractivity contribution in [1.29, 1.82) is 5.26 Å². The Morgan fingerprint density at radius 2 is 2.10 bits per heavy atom. The van der Waals surface area contributed by atoms with Crippen LogP contribution in [0.2, 0.25) is 0 Å².